The molecule has 0 amide bonds. The van der Waals surface area contributed by atoms with Crippen LogP contribution in [-0.4, -0.2) is 35.5 Å². The third-order valence-electron chi connectivity index (χ3n) is 4.31. The van der Waals surface area contributed by atoms with Gasteiger partial charge in [-0.3, -0.25) is 0 Å². The van der Waals surface area contributed by atoms with Crippen molar-refractivity contribution in [2.45, 2.75) is 12.8 Å². The molecule has 0 atom stereocenters. The number of aryl methyl sites for hydroxylation is 2. The average molecular weight is 352 g/mol. The van der Waals surface area contributed by atoms with E-state index in [-0.39, 0.29) is 0 Å². The second-order valence-electron chi connectivity index (χ2n) is 6.01. The summed E-state index contributed by atoms with van der Waals surface area (Å²) in [6.07, 6.45) is 3.63. The van der Waals surface area contributed by atoms with E-state index in [2.05, 4.69) is 39.8 Å². The molecule has 2 aromatic carbocycles. The van der Waals surface area contributed by atoms with Crippen LogP contribution < -0.4 is 14.8 Å². The molecule has 3 aromatic rings. The molecule has 0 saturated carbocycles. The molecule has 1 N–H and O–H groups in total. The van der Waals surface area contributed by atoms with Gasteiger partial charge in [-0.25, -0.2) is 0 Å². The van der Waals surface area contributed by atoms with Crippen LogP contribution in [0.3, 0.4) is 0 Å². The van der Waals surface area contributed by atoms with Crippen LogP contribution in [-0.2, 0) is 13.5 Å². The van der Waals surface area contributed by atoms with Crippen LogP contribution in [0, 0.1) is 0 Å². The SMILES string of the molecule is COc1cccc(-c2ccc(NCCCc3nncn3C)cc2)c1OC. The first-order chi connectivity index (χ1) is 12.7. The Kier molecular flexibility index (Phi) is 5.73. The summed E-state index contributed by atoms with van der Waals surface area (Å²) >= 11 is 0. The molecule has 1 aromatic heterocycles. The van der Waals surface area contributed by atoms with Crippen molar-refractivity contribution in [3.05, 3.63) is 54.6 Å². The highest BCUT2D eigenvalue weighted by atomic mass is 16.5. The van der Waals surface area contributed by atoms with Crippen molar-refractivity contribution in [2.75, 3.05) is 26.1 Å². The first-order valence-electron chi connectivity index (χ1n) is 8.61. The van der Waals surface area contributed by atoms with E-state index in [1.807, 2.05) is 29.8 Å². The summed E-state index contributed by atoms with van der Waals surface area (Å²) in [5, 5.41) is 11.4. The second kappa shape index (κ2) is 8.38. The van der Waals surface area contributed by atoms with E-state index in [1.54, 1.807) is 20.5 Å². The zero-order valence-electron chi connectivity index (χ0n) is 15.4. The summed E-state index contributed by atoms with van der Waals surface area (Å²) in [6, 6.07) is 14.2. The monoisotopic (exact) mass is 352 g/mol. The Morgan fingerprint density at radius 3 is 2.50 bits per heavy atom. The summed E-state index contributed by atoms with van der Waals surface area (Å²) in [7, 11) is 5.28. The number of rotatable bonds is 8. The number of nitrogens with zero attached hydrogens (tertiary/aromatic N) is 3. The van der Waals surface area contributed by atoms with Gasteiger partial charge in [0.15, 0.2) is 11.5 Å². The van der Waals surface area contributed by atoms with E-state index < -0.39 is 0 Å². The lowest BCUT2D eigenvalue weighted by atomic mass is 10.0. The molecule has 0 aliphatic carbocycles. The normalized spacial score (nSPS) is 10.6. The Labute approximate surface area is 153 Å². The van der Waals surface area contributed by atoms with E-state index in [4.69, 9.17) is 9.47 Å². The fraction of sp³-hybridized carbons (Fsp3) is 0.300. The lowest BCUT2D eigenvalue weighted by Gasteiger charge is -2.13. The van der Waals surface area contributed by atoms with Gasteiger partial charge < -0.3 is 19.4 Å². The Hall–Kier alpha value is -3.02. The summed E-state index contributed by atoms with van der Waals surface area (Å²) < 4.78 is 12.9. The molecule has 0 saturated heterocycles. The molecule has 6 nitrogen and oxygen atoms in total. The molecular formula is C20H24N4O2. The van der Waals surface area contributed by atoms with Crippen molar-refractivity contribution in [1.29, 1.82) is 0 Å². The molecule has 3 rings (SSSR count). The van der Waals surface area contributed by atoms with Crippen molar-refractivity contribution in [3.8, 4) is 22.6 Å². The molecule has 0 spiro atoms. The molecule has 0 aliphatic heterocycles. The van der Waals surface area contributed by atoms with Gasteiger partial charge in [-0.15, -0.1) is 10.2 Å². The Balaban J connectivity index is 1.61. The highest BCUT2D eigenvalue weighted by Crippen LogP contribution is 2.37. The third kappa shape index (κ3) is 3.96. The van der Waals surface area contributed by atoms with Gasteiger partial charge in [0.05, 0.1) is 14.2 Å². The molecule has 0 unspecified atom stereocenters. The second-order valence-corrected chi connectivity index (χ2v) is 6.01. The molecule has 0 fully saturated rings. The Bertz CT molecular complexity index is 843. The van der Waals surface area contributed by atoms with Gasteiger partial charge in [0.25, 0.3) is 0 Å². The van der Waals surface area contributed by atoms with E-state index in [0.717, 1.165) is 53.5 Å². The van der Waals surface area contributed by atoms with E-state index in [1.165, 1.54) is 0 Å². The zero-order chi connectivity index (χ0) is 18.4. The minimum Gasteiger partial charge on any atom is -0.493 e. The van der Waals surface area contributed by atoms with Crippen LogP contribution in [0.1, 0.15) is 12.2 Å². The lowest BCUT2D eigenvalue weighted by Crippen LogP contribution is -2.05. The maximum absolute atomic E-state index is 5.52. The molecule has 0 bridgehead atoms. The average Bonchev–Trinajstić information content (AvgIpc) is 3.09. The fourth-order valence-electron chi connectivity index (χ4n) is 2.89. The van der Waals surface area contributed by atoms with Crippen LogP contribution >= 0.6 is 0 Å². The van der Waals surface area contributed by atoms with Crippen LogP contribution in [0.25, 0.3) is 11.1 Å². The summed E-state index contributed by atoms with van der Waals surface area (Å²) in [5.41, 5.74) is 3.19. The van der Waals surface area contributed by atoms with E-state index in [9.17, 15) is 0 Å². The number of methoxy groups -OCH3 is 2. The first-order valence-corrected chi connectivity index (χ1v) is 8.61. The van der Waals surface area contributed by atoms with Gasteiger partial charge in [-0.2, -0.15) is 0 Å². The maximum atomic E-state index is 5.52. The van der Waals surface area contributed by atoms with Crippen LogP contribution in [0.2, 0.25) is 0 Å². The first kappa shape index (κ1) is 17.8. The van der Waals surface area contributed by atoms with Crippen LogP contribution in [0.4, 0.5) is 5.69 Å². The van der Waals surface area contributed by atoms with Gasteiger partial charge in [0, 0.05) is 31.3 Å². The number of hydrogen-bond donors (Lipinski definition) is 1. The quantitative estimate of drug-likeness (QED) is 0.628. The number of hydrogen-bond acceptors (Lipinski definition) is 5. The number of ether oxygens (including phenoxy) is 2. The van der Waals surface area contributed by atoms with E-state index >= 15 is 0 Å². The highest BCUT2D eigenvalue weighted by Gasteiger charge is 2.11. The van der Waals surface area contributed by atoms with Crippen molar-refractivity contribution in [1.82, 2.24) is 14.8 Å². The Morgan fingerprint density at radius 1 is 1.04 bits per heavy atom. The van der Waals surface area contributed by atoms with Crippen molar-refractivity contribution >= 4 is 5.69 Å². The fourth-order valence-corrected chi connectivity index (χ4v) is 2.89. The van der Waals surface area contributed by atoms with Crippen molar-refractivity contribution in [2.24, 2.45) is 7.05 Å². The van der Waals surface area contributed by atoms with Crippen molar-refractivity contribution in [3.63, 3.8) is 0 Å². The standard InChI is InChI=1S/C20H24N4O2/c1-24-14-22-23-19(24)8-5-13-21-16-11-9-15(10-12-16)17-6-4-7-18(25-2)20(17)26-3/h4,6-7,9-12,14,21H,5,8,13H2,1-3H3. The number of para-hydroxylation sites is 1. The third-order valence-corrected chi connectivity index (χ3v) is 4.31. The molecule has 1 heterocycles. The molecule has 0 aliphatic rings. The number of anilines is 1. The maximum Gasteiger partial charge on any atom is 0.168 e. The molecule has 136 valence electrons. The van der Waals surface area contributed by atoms with Gasteiger partial charge in [-0.1, -0.05) is 24.3 Å². The zero-order valence-corrected chi connectivity index (χ0v) is 15.4. The predicted molar refractivity (Wildman–Crippen MR) is 103 cm³/mol. The molecule has 26 heavy (non-hydrogen) atoms. The lowest BCUT2D eigenvalue weighted by molar-refractivity contribution is 0.356. The number of benzene rings is 2. The highest BCUT2D eigenvalue weighted by molar-refractivity contribution is 5.75. The number of nitrogens with one attached hydrogen (secondary N) is 1. The summed E-state index contributed by atoms with van der Waals surface area (Å²) in [4.78, 5) is 0. The van der Waals surface area contributed by atoms with Gasteiger partial charge in [0.1, 0.15) is 12.2 Å². The molecular weight excluding hydrogens is 328 g/mol. The predicted octanol–water partition coefficient (Wildman–Crippen LogP) is 3.54. The van der Waals surface area contributed by atoms with Crippen molar-refractivity contribution < 1.29 is 9.47 Å². The smallest absolute Gasteiger partial charge is 0.168 e. The summed E-state index contributed by atoms with van der Waals surface area (Å²) in [6.45, 7) is 0.884. The number of aromatic nitrogens is 3. The van der Waals surface area contributed by atoms with E-state index in [0.29, 0.717) is 0 Å². The minimum atomic E-state index is 0.732. The molecule has 0 radical (unpaired) electrons. The van der Waals surface area contributed by atoms with Gasteiger partial charge in [-0.05, 0) is 30.2 Å². The van der Waals surface area contributed by atoms with Crippen LogP contribution in [0.5, 0.6) is 11.5 Å². The minimum absolute atomic E-state index is 0.732. The largest absolute Gasteiger partial charge is 0.493 e. The van der Waals surface area contributed by atoms with Gasteiger partial charge >= 0.3 is 0 Å². The van der Waals surface area contributed by atoms with Gasteiger partial charge in [0.2, 0.25) is 0 Å². The topological polar surface area (TPSA) is 61.2 Å². The Morgan fingerprint density at radius 2 is 1.85 bits per heavy atom. The summed E-state index contributed by atoms with van der Waals surface area (Å²) in [5.74, 6) is 2.49. The molecule has 6 heteroatoms. The van der Waals surface area contributed by atoms with Crippen LogP contribution in [0.15, 0.2) is 48.8 Å².